The van der Waals surface area contributed by atoms with Crippen molar-refractivity contribution >= 4 is 16.9 Å². The van der Waals surface area contributed by atoms with E-state index in [9.17, 15) is 4.79 Å². The number of imidazole rings is 1. The van der Waals surface area contributed by atoms with Crippen LogP contribution in [-0.4, -0.2) is 46.6 Å². The molecule has 37 heavy (non-hydrogen) atoms. The van der Waals surface area contributed by atoms with Crippen molar-refractivity contribution < 1.29 is 9.18 Å². The van der Waals surface area contributed by atoms with E-state index < -0.39 is 0 Å². The molecule has 1 fully saturated rings. The molecule has 4 heterocycles. The van der Waals surface area contributed by atoms with Gasteiger partial charge in [0.05, 0.1) is 17.3 Å². The molecule has 7 rings (SSSR count). The summed E-state index contributed by atoms with van der Waals surface area (Å²) in [6, 6.07) is 16.7. The van der Waals surface area contributed by atoms with E-state index >= 15 is 4.39 Å². The lowest BCUT2D eigenvalue weighted by Gasteiger charge is -2.36. The lowest BCUT2D eigenvalue weighted by molar-refractivity contribution is 0.0630. The summed E-state index contributed by atoms with van der Waals surface area (Å²) < 4.78 is 17.2. The number of pyridine rings is 1. The number of nitrogens with zero attached hydrogens (tertiary/aromatic N) is 6. The molecule has 0 bridgehead atoms. The SMILES string of the molecule is O=C1c2ccccc2CN1C1CCC[C@@H](n2c(-c3ccccc3F)nc3cnc(-c4ncn[nH]4)cc32)C1. The van der Waals surface area contributed by atoms with E-state index in [0.717, 1.165) is 42.3 Å². The summed E-state index contributed by atoms with van der Waals surface area (Å²) in [7, 11) is 0. The van der Waals surface area contributed by atoms with Crippen LogP contribution in [0.5, 0.6) is 0 Å². The molecule has 1 aliphatic heterocycles. The second-order valence-electron chi connectivity index (χ2n) is 9.74. The average Bonchev–Trinajstić information content (AvgIpc) is 3.67. The molecule has 2 atom stereocenters. The number of hydrogen-bond acceptors (Lipinski definition) is 5. The van der Waals surface area contributed by atoms with Gasteiger partial charge in [0.1, 0.15) is 29.2 Å². The predicted molar refractivity (Wildman–Crippen MR) is 136 cm³/mol. The maximum absolute atomic E-state index is 15.0. The van der Waals surface area contributed by atoms with Gasteiger partial charge < -0.3 is 9.47 Å². The zero-order valence-electron chi connectivity index (χ0n) is 20.0. The quantitative estimate of drug-likeness (QED) is 0.373. The van der Waals surface area contributed by atoms with E-state index in [1.165, 1.54) is 12.4 Å². The minimum Gasteiger partial charge on any atom is -0.331 e. The van der Waals surface area contributed by atoms with Crippen LogP contribution in [0.25, 0.3) is 33.9 Å². The molecule has 3 aromatic heterocycles. The summed E-state index contributed by atoms with van der Waals surface area (Å²) in [5.41, 5.74) is 4.52. The Bertz CT molecular complexity index is 1630. The van der Waals surface area contributed by atoms with E-state index in [1.54, 1.807) is 18.3 Å². The van der Waals surface area contributed by atoms with Gasteiger partial charge in [-0.15, -0.1) is 0 Å². The number of amides is 1. The summed E-state index contributed by atoms with van der Waals surface area (Å²) in [6.07, 6.45) is 6.74. The molecular formula is C28H24FN7O. The first-order valence-corrected chi connectivity index (χ1v) is 12.5. The maximum Gasteiger partial charge on any atom is 0.254 e. The van der Waals surface area contributed by atoms with Crippen LogP contribution in [0.2, 0.25) is 0 Å². The number of fused-ring (bicyclic) bond motifs is 2. The summed E-state index contributed by atoms with van der Waals surface area (Å²) >= 11 is 0. The van der Waals surface area contributed by atoms with Crippen molar-refractivity contribution in [1.29, 1.82) is 0 Å². The fourth-order valence-corrected chi connectivity index (χ4v) is 5.89. The maximum atomic E-state index is 15.0. The zero-order chi connectivity index (χ0) is 24.9. The number of carbonyl (C=O) groups excluding carboxylic acids is 1. The first-order valence-electron chi connectivity index (χ1n) is 12.5. The summed E-state index contributed by atoms with van der Waals surface area (Å²) in [6.45, 7) is 0.636. The highest BCUT2D eigenvalue weighted by molar-refractivity contribution is 5.98. The molecule has 1 aliphatic carbocycles. The summed E-state index contributed by atoms with van der Waals surface area (Å²) in [4.78, 5) is 28.9. The topological polar surface area (TPSA) is 92.6 Å². The molecule has 1 unspecified atom stereocenters. The van der Waals surface area contributed by atoms with Gasteiger partial charge >= 0.3 is 0 Å². The molecule has 1 N–H and O–H groups in total. The van der Waals surface area contributed by atoms with Crippen LogP contribution in [0, 0.1) is 5.82 Å². The standard InChI is InChI=1S/C28H24FN7O/c29-22-11-4-3-10-21(22)27-33-24-14-30-23(26-31-16-32-34-26)13-25(24)36(27)19-8-5-7-18(12-19)35-15-17-6-1-2-9-20(17)28(35)37/h1-4,6,9-11,13-14,16,18-19H,5,7-8,12,15H2,(H,31,32,34)/t18?,19-/m1/s1. The predicted octanol–water partition coefficient (Wildman–Crippen LogP) is 5.16. The summed E-state index contributed by atoms with van der Waals surface area (Å²) in [5, 5.41) is 6.81. The molecule has 5 aromatic rings. The van der Waals surface area contributed by atoms with Crippen LogP contribution in [0.3, 0.4) is 0 Å². The van der Waals surface area contributed by atoms with Gasteiger partial charge in [0.25, 0.3) is 5.91 Å². The van der Waals surface area contributed by atoms with Gasteiger partial charge in [-0.2, -0.15) is 5.10 Å². The number of benzene rings is 2. The number of nitrogens with one attached hydrogen (secondary N) is 1. The number of halogens is 1. The van der Waals surface area contributed by atoms with Crippen molar-refractivity contribution in [2.24, 2.45) is 0 Å². The Kier molecular flexibility index (Phi) is 5.09. The van der Waals surface area contributed by atoms with Crippen molar-refractivity contribution in [1.82, 2.24) is 34.6 Å². The van der Waals surface area contributed by atoms with Crippen molar-refractivity contribution in [3.8, 4) is 22.9 Å². The van der Waals surface area contributed by atoms with E-state index in [2.05, 4.69) is 24.7 Å². The monoisotopic (exact) mass is 493 g/mol. The van der Waals surface area contributed by atoms with Crippen LogP contribution in [0.15, 0.2) is 67.1 Å². The first kappa shape index (κ1) is 21.8. The van der Waals surface area contributed by atoms with Crippen molar-refractivity contribution in [2.45, 2.75) is 44.3 Å². The Hall–Kier alpha value is -4.40. The highest BCUT2D eigenvalue weighted by Crippen LogP contribution is 2.40. The normalized spacial score (nSPS) is 19.5. The fourth-order valence-electron chi connectivity index (χ4n) is 5.89. The van der Waals surface area contributed by atoms with Crippen LogP contribution in [0.4, 0.5) is 4.39 Å². The highest BCUT2D eigenvalue weighted by atomic mass is 19.1. The van der Waals surface area contributed by atoms with Gasteiger partial charge in [-0.05, 0) is 55.5 Å². The number of aromatic amines is 1. The number of H-pyrrole nitrogens is 1. The molecule has 0 saturated heterocycles. The van der Waals surface area contributed by atoms with Crippen LogP contribution >= 0.6 is 0 Å². The fraction of sp³-hybridized carbons (Fsp3) is 0.250. The molecular weight excluding hydrogens is 469 g/mol. The van der Waals surface area contributed by atoms with Gasteiger partial charge in [-0.3, -0.25) is 14.9 Å². The molecule has 1 saturated carbocycles. The second-order valence-corrected chi connectivity index (χ2v) is 9.74. The molecule has 0 spiro atoms. The Balaban J connectivity index is 1.32. The number of aromatic nitrogens is 6. The van der Waals surface area contributed by atoms with Gasteiger partial charge in [0.2, 0.25) is 0 Å². The van der Waals surface area contributed by atoms with Crippen LogP contribution in [0.1, 0.15) is 47.6 Å². The minimum absolute atomic E-state index is 0.0415. The molecule has 2 aliphatic rings. The first-order chi connectivity index (χ1) is 18.2. The van der Waals surface area contributed by atoms with Crippen LogP contribution < -0.4 is 0 Å². The van der Waals surface area contributed by atoms with Gasteiger partial charge in [0.15, 0.2) is 5.82 Å². The van der Waals surface area contributed by atoms with Crippen molar-refractivity contribution in [3.05, 3.63) is 84.1 Å². The largest absolute Gasteiger partial charge is 0.331 e. The zero-order valence-corrected chi connectivity index (χ0v) is 20.0. The van der Waals surface area contributed by atoms with Gasteiger partial charge in [-0.25, -0.2) is 14.4 Å². The molecule has 8 nitrogen and oxygen atoms in total. The molecule has 9 heteroatoms. The second kappa shape index (κ2) is 8.62. The third-order valence-corrected chi connectivity index (χ3v) is 7.62. The minimum atomic E-state index is -0.319. The van der Waals surface area contributed by atoms with E-state index in [1.807, 2.05) is 41.3 Å². The lowest BCUT2D eigenvalue weighted by Crippen LogP contribution is -2.39. The van der Waals surface area contributed by atoms with E-state index in [0.29, 0.717) is 35.0 Å². The van der Waals surface area contributed by atoms with E-state index in [4.69, 9.17) is 4.98 Å². The molecule has 2 aromatic carbocycles. The molecule has 0 radical (unpaired) electrons. The Morgan fingerprint density at radius 3 is 2.59 bits per heavy atom. The Morgan fingerprint density at radius 1 is 0.973 bits per heavy atom. The smallest absolute Gasteiger partial charge is 0.254 e. The third kappa shape index (κ3) is 3.61. The van der Waals surface area contributed by atoms with Gasteiger partial charge in [0, 0.05) is 24.2 Å². The number of carbonyl (C=O) groups is 1. The molecule has 1 amide bonds. The van der Waals surface area contributed by atoms with Crippen molar-refractivity contribution in [2.75, 3.05) is 0 Å². The van der Waals surface area contributed by atoms with Crippen LogP contribution in [-0.2, 0) is 6.54 Å². The van der Waals surface area contributed by atoms with Gasteiger partial charge in [-0.1, -0.05) is 30.3 Å². The average molecular weight is 494 g/mol. The lowest BCUT2D eigenvalue weighted by atomic mass is 9.89. The number of hydrogen-bond donors (Lipinski definition) is 1. The number of rotatable bonds is 4. The molecule has 184 valence electrons. The third-order valence-electron chi connectivity index (χ3n) is 7.62. The Labute approximate surface area is 212 Å². The highest BCUT2D eigenvalue weighted by Gasteiger charge is 2.36. The Morgan fingerprint density at radius 2 is 1.78 bits per heavy atom. The van der Waals surface area contributed by atoms with Crippen molar-refractivity contribution in [3.63, 3.8) is 0 Å². The van der Waals surface area contributed by atoms with E-state index in [-0.39, 0.29) is 23.8 Å². The summed E-state index contributed by atoms with van der Waals surface area (Å²) in [5.74, 6) is 0.915.